The fourth-order valence-electron chi connectivity index (χ4n) is 2.20. The Morgan fingerprint density at radius 1 is 1.00 bits per heavy atom. The highest BCUT2D eigenvalue weighted by Crippen LogP contribution is 2.24. The molecule has 0 aliphatic heterocycles. The number of benzene rings is 2. The van der Waals surface area contributed by atoms with Crippen LogP contribution in [-0.4, -0.2) is 19.5 Å². The molecule has 3 nitrogen and oxygen atoms in total. The van der Waals surface area contributed by atoms with E-state index in [1.54, 1.807) is 12.1 Å². The van der Waals surface area contributed by atoms with Gasteiger partial charge in [0.15, 0.2) is 6.29 Å². The van der Waals surface area contributed by atoms with Gasteiger partial charge in [-0.3, -0.25) is 4.79 Å². The predicted molar refractivity (Wildman–Crippen MR) is 91.2 cm³/mol. The molecule has 0 aromatic heterocycles. The summed E-state index contributed by atoms with van der Waals surface area (Å²) < 4.78 is 12.3. The molecule has 0 amide bonds. The first-order valence-electron chi connectivity index (χ1n) is 7.09. The number of hydrogen-bond donors (Lipinski definition) is 0. The van der Waals surface area contributed by atoms with Crippen LogP contribution in [0.3, 0.4) is 0 Å². The van der Waals surface area contributed by atoms with Crippen LogP contribution in [0.2, 0.25) is 0 Å². The SMILES string of the molecule is Cc1cc(C)c(C)c(OCCOc2ccc(Br)cc2C=O)c1. The van der Waals surface area contributed by atoms with Gasteiger partial charge in [-0.2, -0.15) is 0 Å². The highest BCUT2D eigenvalue weighted by atomic mass is 79.9. The Balaban J connectivity index is 1.94. The van der Waals surface area contributed by atoms with Crippen LogP contribution in [0, 0.1) is 20.8 Å². The van der Waals surface area contributed by atoms with Crippen molar-refractivity contribution in [1.29, 1.82) is 0 Å². The summed E-state index contributed by atoms with van der Waals surface area (Å²) in [4.78, 5) is 11.0. The summed E-state index contributed by atoms with van der Waals surface area (Å²) in [5.41, 5.74) is 4.06. The van der Waals surface area contributed by atoms with Gasteiger partial charge >= 0.3 is 0 Å². The van der Waals surface area contributed by atoms with Crippen molar-refractivity contribution in [3.63, 3.8) is 0 Å². The molecule has 4 heteroatoms. The summed E-state index contributed by atoms with van der Waals surface area (Å²) in [5.74, 6) is 1.45. The van der Waals surface area contributed by atoms with Crippen LogP contribution in [0.1, 0.15) is 27.0 Å². The van der Waals surface area contributed by atoms with Crippen LogP contribution in [0.5, 0.6) is 11.5 Å². The third-order valence-corrected chi connectivity index (χ3v) is 3.95. The molecule has 0 aliphatic carbocycles. The van der Waals surface area contributed by atoms with Crippen LogP contribution in [0.15, 0.2) is 34.8 Å². The lowest BCUT2D eigenvalue weighted by Gasteiger charge is -2.13. The second kappa shape index (κ2) is 7.45. The zero-order valence-corrected chi connectivity index (χ0v) is 14.6. The van der Waals surface area contributed by atoms with Crippen LogP contribution < -0.4 is 9.47 Å². The fraction of sp³-hybridized carbons (Fsp3) is 0.278. The average Bonchev–Trinajstić information content (AvgIpc) is 2.49. The molecule has 2 rings (SSSR count). The molecule has 0 fully saturated rings. The molecule has 2 aromatic rings. The van der Waals surface area contributed by atoms with Crippen LogP contribution in [0.25, 0.3) is 0 Å². The van der Waals surface area contributed by atoms with Gasteiger partial charge in [-0.1, -0.05) is 22.0 Å². The predicted octanol–water partition coefficient (Wildman–Crippen LogP) is 4.64. The molecule has 0 bridgehead atoms. The Kier molecular flexibility index (Phi) is 5.61. The zero-order valence-electron chi connectivity index (χ0n) is 13.0. The Morgan fingerprint density at radius 3 is 2.36 bits per heavy atom. The minimum Gasteiger partial charge on any atom is -0.490 e. The van der Waals surface area contributed by atoms with Gasteiger partial charge < -0.3 is 9.47 Å². The van der Waals surface area contributed by atoms with Crippen molar-refractivity contribution in [2.45, 2.75) is 20.8 Å². The molecule has 0 N–H and O–H groups in total. The van der Waals surface area contributed by atoms with Crippen molar-refractivity contribution in [1.82, 2.24) is 0 Å². The van der Waals surface area contributed by atoms with Crippen LogP contribution >= 0.6 is 15.9 Å². The van der Waals surface area contributed by atoms with Gasteiger partial charge in [0.1, 0.15) is 24.7 Å². The zero-order chi connectivity index (χ0) is 16.1. The summed E-state index contributed by atoms with van der Waals surface area (Å²) in [7, 11) is 0. The van der Waals surface area contributed by atoms with E-state index < -0.39 is 0 Å². The largest absolute Gasteiger partial charge is 0.490 e. The van der Waals surface area contributed by atoms with Gasteiger partial charge in [-0.05, 0) is 61.7 Å². The first-order valence-corrected chi connectivity index (χ1v) is 7.88. The summed E-state index contributed by atoms with van der Waals surface area (Å²) in [6.07, 6.45) is 0.787. The number of aldehydes is 1. The number of hydrogen-bond acceptors (Lipinski definition) is 3. The topological polar surface area (TPSA) is 35.5 Å². The molecule has 116 valence electrons. The van der Waals surface area contributed by atoms with Gasteiger partial charge in [0, 0.05) is 4.47 Å². The number of rotatable bonds is 6. The molecule has 0 saturated carbocycles. The smallest absolute Gasteiger partial charge is 0.153 e. The van der Waals surface area contributed by atoms with Crippen molar-refractivity contribution in [2.24, 2.45) is 0 Å². The first-order chi connectivity index (χ1) is 10.5. The molecule has 0 heterocycles. The maximum atomic E-state index is 11.0. The molecule has 0 saturated heterocycles. The third-order valence-electron chi connectivity index (χ3n) is 3.46. The molecular formula is C18H19BrO3. The fourth-order valence-corrected chi connectivity index (χ4v) is 2.58. The number of halogens is 1. The van der Waals surface area contributed by atoms with E-state index in [0.717, 1.165) is 22.1 Å². The van der Waals surface area contributed by atoms with Gasteiger partial charge in [-0.25, -0.2) is 0 Å². The summed E-state index contributed by atoms with van der Waals surface area (Å²) in [6.45, 7) is 6.98. The molecule has 2 aromatic carbocycles. The lowest BCUT2D eigenvalue weighted by molar-refractivity contribution is 0.111. The first kappa shape index (κ1) is 16.6. The number of carbonyl (C=O) groups excluding carboxylic acids is 1. The lowest BCUT2D eigenvalue weighted by atomic mass is 10.1. The highest BCUT2D eigenvalue weighted by molar-refractivity contribution is 9.10. The number of ether oxygens (including phenoxy) is 2. The highest BCUT2D eigenvalue weighted by Gasteiger charge is 2.06. The standard InChI is InChI=1S/C18H19BrO3/c1-12-8-13(2)14(3)18(9-12)22-7-6-21-17-5-4-16(19)10-15(17)11-20/h4-5,8-11H,6-7H2,1-3H3. The second-order valence-corrected chi connectivity index (χ2v) is 6.12. The minimum absolute atomic E-state index is 0.384. The van der Waals surface area contributed by atoms with E-state index in [1.807, 2.05) is 26.0 Å². The summed E-state index contributed by atoms with van der Waals surface area (Å²) >= 11 is 3.33. The van der Waals surface area contributed by atoms with Crippen molar-refractivity contribution in [3.05, 3.63) is 57.1 Å². The Hall–Kier alpha value is -1.81. The lowest BCUT2D eigenvalue weighted by Crippen LogP contribution is -2.11. The van der Waals surface area contributed by atoms with Gasteiger partial charge in [0.05, 0.1) is 5.56 Å². The van der Waals surface area contributed by atoms with E-state index in [9.17, 15) is 4.79 Å². The molecule has 0 radical (unpaired) electrons. The van der Waals surface area contributed by atoms with Crippen molar-refractivity contribution in [3.8, 4) is 11.5 Å². The normalized spacial score (nSPS) is 10.4. The molecule has 0 unspecified atom stereocenters. The van der Waals surface area contributed by atoms with Gasteiger partial charge in [0.25, 0.3) is 0 Å². The van der Waals surface area contributed by atoms with Gasteiger partial charge in [0.2, 0.25) is 0 Å². The van der Waals surface area contributed by atoms with E-state index >= 15 is 0 Å². The summed E-state index contributed by atoms with van der Waals surface area (Å²) in [6, 6.07) is 9.51. The van der Waals surface area contributed by atoms with E-state index in [-0.39, 0.29) is 0 Å². The molecular weight excluding hydrogens is 344 g/mol. The van der Waals surface area contributed by atoms with E-state index in [0.29, 0.717) is 24.5 Å². The average molecular weight is 363 g/mol. The van der Waals surface area contributed by atoms with E-state index in [4.69, 9.17) is 9.47 Å². The van der Waals surface area contributed by atoms with Crippen LogP contribution in [-0.2, 0) is 0 Å². The van der Waals surface area contributed by atoms with E-state index in [1.165, 1.54) is 11.1 Å². The molecule has 0 atom stereocenters. The number of carbonyl (C=O) groups is 1. The molecule has 0 spiro atoms. The molecule has 0 aliphatic rings. The van der Waals surface area contributed by atoms with Crippen molar-refractivity contribution >= 4 is 22.2 Å². The monoisotopic (exact) mass is 362 g/mol. The van der Waals surface area contributed by atoms with Crippen molar-refractivity contribution < 1.29 is 14.3 Å². The van der Waals surface area contributed by atoms with Crippen molar-refractivity contribution in [2.75, 3.05) is 13.2 Å². The molecule has 22 heavy (non-hydrogen) atoms. The quantitative estimate of drug-likeness (QED) is 0.554. The maximum absolute atomic E-state index is 11.0. The maximum Gasteiger partial charge on any atom is 0.153 e. The second-order valence-electron chi connectivity index (χ2n) is 5.20. The number of aryl methyl sites for hydroxylation is 2. The van der Waals surface area contributed by atoms with Crippen LogP contribution in [0.4, 0.5) is 0 Å². The summed E-state index contributed by atoms with van der Waals surface area (Å²) in [5, 5.41) is 0. The Bertz CT molecular complexity index is 680. The van der Waals surface area contributed by atoms with Gasteiger partial charge in [-0.15, -0.1) is 0 Å². The third kappa shape index (κ3) is 4.10. The Labute approximate surface area is 139 Å². The minimum atomic E-state index is 0.384. The Morgan fingerprint density at radius 2 is 1.68 bits per heavy atom. The van der Waals surface area contributed by atoms with E-state index in [2.05, 4.69) is 28.9 Å².